The Labute approximate surface area is 150 Å². The summed E-state index contributed by atoms with van der Waals surface area (Å²) in [7, 11) is 0. The zero-order valence-electron chi connectivity index (χ0n) is 15.7. The van der Waals surface area contributed by atoms with Crippen LogP contribution in [0.2, 0.25) is 0 Å². The zero-order chi connectivity index (χ0) is 18.6. The molecule has 0 aromatic carbocycles. The van der Waals surface area contributed by atoms with E-state index in [2.05, 4.69) is 19.2 Å². The molecule has 0 aromatic heterocycles. The number of piperidine rings is 1. The molecule has 2 heterocycles. The van der Waals surface area contributed by atoms with Gasteiger partial charge in [0, 0.05) is 32.6 Å². The van der Waals surface area contributed by atoms with Crippen molar-refractivity contribution < 1.29 is 14.4 Å². The lowest BCUT2D eigenvalue weighted by molar-refractivity contribution is -0.150. The Balaban J connectivity index is 2.04. The van der Waals surface area contributed by atoms with Crippen molar-refractivity contribution in [1.82, 2.24) is 15.1 Å². The molecule has 0 radical (unpaired) electrons. The summed E-state index contributed by atoms with van der Waals surface area (Å²) < 4.78 is 0. The zero-order valence-corrected chi connectivity index (χ0v) is 15.7. The lowest BCUT2D eigenvalue weighted by atomic mass is 9.92. The summed E-state index contributed by atoms with van der Waals surface area (Å²) in [4.78, 5) is 40.4. The summed E-state index contributed by atoms with van der Waals surface area (Å²) in [5.74, 6) is 0.385. The summed E-state index contributed by atoms with van der Waals surface area (Å²) in [6.07, 6.45) is 2.67. The maximum atomic E-state index is 13.1. The van der Waals surface area contributed by atoms with Crippen molar-refractivity contribution in [1.29, 1.82) is 0 Å². The van der Waals surface area contributed by atoms with Crippen molar-refractivity contribution >= 4 is 17.7 Å². The van der Waals surface area contributed by atoms with E-state index in [1.165, 1.54) is 0 Å². The third kappa shape index (κ3) is 5.17. The molecule has 2 fully saturated rings. The van der Waals surface area contributed by atoms with Gasteiger partial charge in [-0.05, 0) is 38.0 Å². The van der Waals surface area contributed by atoms with Gasteiger partial charge in [-0.2, -0.15) is 0 Å². The SMILES string of the molecule is CC(C)C[C@@H](C(=O)N1CCC(CC(N)=O)CC1)N1CCN[C@@H](C)C1=O. The van der Waals surface area contributed by atoms with Crippen LogP contribution in [0.1, 0.15) is 46.5 Å². The van der Waals surface area contributed by atoms with Gasteiger partial charge in [-0.25, -0.2) is 0 Å². The molecule has 0 saturated carbocycles. The van der Waals surface area contributed by atoms with Crippen LogP contribution in [0.25, 0.3) is 0 Å². The number of rotatable bonds is 6. The molecular weight excluding hydrogens is 320 g/mol. The Morgan fingerprint density at radius 3 is 2.44 bits per heavy atom. The van der Waals surface area contributed by atoms with Gasteiger partial charge in [0.05, 0.1) is 6.04 Å². The van der Waals surface area contributed by atoms with Gasteiger partial charge >= 0.3 is 0 Å². The van der Waals surface area contributed by atoms with Crippen LogP contribution in [-0.2, 0) is 14.4 Å². The maximum absolute atomic E-state index is 13.1. The van der Waals surface area contributed by atoms with Gasteiger partial charge in [0.2, 0.25) is 17.7 Å². The molecule has 2 aliphatic rings. The van der Waals surface area contributed by atoms with Crippen LogP contribution in [0.4, 0.5) is 0 Å². The second-order valence-corrected chi connectivity index (χ2v) is 7.79. The molecule has 0 aromatic rings. The minimum absolute atomic E-state index is 0.00821. The van der Waals surface area contributed by atoms with Crippen molar-refractivity contribution in [3.63, 3.8) is 0 Å². The number of piperazine rings is 1. The third-order valence-corrected chi connectivity index (χ3v) is 5.23. The van der Waals surface area contributed by atoms with Gasteiger partial charge in [-0.3, -0.25) is 14.4 Å². The molecule has 2 aliphatic heterocycles. The van der Waals surface area contributed by atoms with E-state index in [0.29, 0.717) is 38.4 Å². The first-order chi connectivity index (χ1) is 11.8. The summed E-state index contributed by atoms with van der Waals surface area (Å²) in [5.41, 5.74) is 5.28. The Hall–Kier alpha value is -1.63. The van der Waals surface area contributed by atoms with Gasteiger partial charge in [0.15, 0.2) is 0 Å². The number of nitrogens with two attached hydrogens (primary N) is 1. The van der Waals surface area contributed by atoms with Crippen LogP contribution in [0, 0.1) is 11.8 Å². The van der Waals surface area contributed by atoms with Gasteiger partial charge in [0.25, 0.3) is 0 Å². The van der Waals surface area contributed by atoms with Crippen molar-refractivity contribution in [2.45, 2.75) is 58.5 Å². The highest BCUT2D eigenvalue weighted by Crippen LogP contribution is 2.23. The molecule has 2 rings (SSSR count). The monoisotopic (exact) mass is 352 g/mol. The fourth-order valence-corrected chi connectivity index (χ4v) is 3.82. The number of likely N-dealkylation sites (tertiary alicyclic amines) is 1. The molecule has 25 heavy (non-hydrogen) atoms. The number of amides is 3. The van der Waals surface area contributed by atoms with Crippen LogP contribution in [0.5, 0.6) is 0 Å². The number of nitrogens with one attached hydrogen (secondary N) is 1. The summed E-state index contributed by atoms with van der Waals surface area (Å²) >= 11 is 0. The van der Waals surface area contributed by atoms with Gasteiger partial charge in [-0.15, -0.1) is 0 Å². The van der Waals surface area contributed by atoms with Crippen molar-refractivity contribution in [3.05, 3.63) is 0 Å². The Kier molecular flexibility index (Phi) is 6.81. The smallest absolute Gasteiger partial charge is 0.245 e. The van der Waals surface area contributed by atoms with Gasteiger partial charge in [0.1, 0.15) is 6.04 Å². The predicted octanol–water partition coefficient (Wildman–Crippen LogP) is 0.335. The van der Waals surface area contributed by atoms with E-state index < -0.39 is 0 Å². The standard InChI is InChI=1S/C18H32N4O3/c1-12(2)10-15(22-9-6-20-13(3)17(22)24)18(25)21-7-4-14(5-8-21)11-16(19)23/h12-15,20H,4-11H2,1-3H3,(H2,19,23)/t13-,15-/m0/s1. The van der Waals surface area contributed by atoms with E-state index in [-0.39, 0.29) is 35.7 Å². The molecule has 7 heteroatoms. The molecule has 7 nitrogen and oxygen atoms in total. The number of primary amides is 1. The second-order valence-electron chi connectivity index (χ2n) is 7.79. The second kappa shape index (κ2) is 8.65. The van der Waals surface area contributed by atoms with Gasteiger partial charge in [-0.1, -0.05) is 13.8 Å². The highest BCUT2D eigenvalue weighted by molar-refractivity contribution is 5.90. The van der Waals surface area contributed by atoms with Gasteiger partial charge < -0.3 is 20.9 Å². The first-order valence-corrected chi connectivity index (χ1v) is 9.40. The van der Waals surface area contributed by atoms with Crippen LogP contribution in [-0.4, -0.2) is 65.8 Å². The maximum Gasteiger partial charge on any atom is 0.245 e. The molecule has 3 amide bonds. The van der Waals surface area contributed by atoms with E-state index in [0.717, 1.165) is 19.4 Å². The van der Waals surface area contributed by atoms with Crippen molar-refractivity contribution in [3.8, 4) is 0 Å². The molecule has 0 aliphatic carbocycles. The van der Waals surface area contributed by atoms with Crippen LogP contribution in [0.3, 0.4) is 0 Å². The molecule has 2 atom stereocenters. The van der Waals surface area contributed by atoms with Crippen LogP contribution < -0.4 is 11.1 Å². The quantitative estimate of drug-likeness (QED) is 0.720. The minimum Gasteiger partial charge on any atom is -0.370 e. The number of carbonyl (C=O) groups excluding carboxylic acids is 3. The average molecular weight is 352 g/mol. The number of carbonyl (C=O) groups is 3. The van der Waals surface area contributed by atoms with E-state index in [1.54, 1.807) is 4.90 Å². The molecule has 0 bridgehead atoms. The van der Waals surface area contributed by atoms with Crippen molar-refractivity contribution in [2.75, 3.05) is 26.2 Å². The summed E-state index contributed by atoms with van der Waals surface area (Å²) in [6.45, 7) is 8.58. The molecule has 0 spiro atoms. The molecular formula is C18H32N4O3. The molecule has 3 N–H and O–H groups in total. The van der Waals surface area contributed by atoms with E-state index in [1.807, 2.05) is 11.8 Å². The highest BCUT2D eigenvalue weighted by atomic mass is 16.2. The average Bonchev–Trinajstić information content (AvgIpc) is 2.55. The summed E-state index contributed by atoms with van der Waals surface area (Å²) in [6, 6.07) is -0.623. The van der Waals surface area contributed by atoms with E-state index in [4.69, 9.17) is 5.73 Å². The Bertz CT molecular complexity index is 501. The number of hydrogen-bond donors (Lipinski definition) is 2. The van der Waals surface area contributed by atoms with Crippen LogP contribution >= 0.6 is 0 Å². The largest absolute Gasteiger partial charge is 0.370 e. The predicted molar refractivity (Wildman–Crippen MR) is 95.5 cm³/mol. The highest BCUT2D eigenvalue weighted by Gasteiger charge is 2.37. The van der Waals surface area contributed by atoms with E-state index >= 15 is 0 Å². The van der Waals surface area contributed by atoms with Crippen molar-refractivity contribution in [2.24, 2.45) is 17.6 Å². The normalized spacial score (nSPS) is 23.8. The minimum atomic E-state index is -0.384. The topological polar surface area (TPSA) is 95.7 Å². The lowest BCUT2D eigenvalue weighted by Crippen LogP contribution is -2.61. The number of hydrogen-bond acceptors (Lipinski definition) is 4. The fourth-order valence-electron chi connectivity index (χ4n) is 3.82. The molecule has 0 unspecified atom stereocenters. The Morgan fingerprint density at radius 1 is 1.24 bits per heavy atom. The Morgan fingerprint density at radius 2 is 1.88 bits per heavy atom. The molecule has 142 valence electrons. The number of nitrogens with zero attached hydrogens (tertiary/aromatic N) is 2. The molecule has 2 saturated heterocycles. The first-order valence-electron chi connectivity index (χ1n) is 9.40. The first kappa shape index (κ1) is 19.7. The fraction of sp³-hybridized carbons (Fsp3) is 0.833. The van der Waals surface area contributed by atoms with E-state index in [9.17, 15) is 14.4 Å². The third-order valence-electron chi connectivity index (χ3n) is 5.23. The van der Waals surface area contributed by atoms with Crippen LogP contribution in [0.15, 0.2) is 0 Å². The lowest BCUT2D eigenvalue weighted by Gasteiger charge is -2.41. The summed E-state index contributed by atoms with van der Waals surface area (Å²) in [5, 5.41) is 3.15.